The maximum absolute atomic E-state index is 11.1. The monoisotopic (exact) mass is 272 g/mol. The van der Waals surface area contributed by atoms with E-state index in [1.54, 1.807) is 0 Å². The average molecular weight is 274 g/mol. The van der Waals surface area contributed by atoms with Crippen LogP contribution in [-0.2, 0) is 21.9 Å². The molecule has 1 aromatic rings. The van der Waals surface area contributed by atoms with E-state index in [0.717, 1.165) is 5.56 Å². The Labute approximate surface area is 99.8 Å². The summed E-state index contributed by atoms with van der Waals surface area (Å²) in [7, 11) is 0. The van der Waals surface area contributed by atoms with Gasteiger partial charge < -0.3 is 0 Å². The van der Waals surface area contributed by atoms with Crippen molar-refractivity contribution in [1.29, 1.82) is 0 Å². The van der Waals surface area contributed by atoms with Crippen LogP contribution in [0.15, 0.2) is 30.3 Å². The quantitative estimate of drug-likeness (QED) is 0.791. The molecule has 1 rings (SSSR count). The Morgan fingerprint density at radius 1 is 1.21 bits per heavy atom. The fourth-order valence-corrected chi connectivity index (χ4v) is 1.54. The van der Waals surface area contributed by atoms with E-state index in [1.807, 2.05) is 30.3 Å². The second kappa shape index (κ2) is 5.33. The third kappa shape index (κ3) is 4.15. The number of rotatable bonds is 3. The minimum Gasteiger partial charge on any atom is -0.282 e. The van der Waals surface area contributed by atoms with E-state index >= 15 is 0 Å². The van der Waals surface area contributed by atoms with Gasteiger partial charge in [0.2, 0.25) is 11.1 Å². The summed E-state index contributed by atoms with van der Waals surface area (Å²) in [5, 5.41) is 0. The molecule has 0 bridgehead atoms. The highest BCUT2D eigenvalue weighted by molar-refractivity contribution is 7.86. The third-order valence-electron chi connectivity index (χ3n) is 1.36. The van der Waals surface area contributed by atoms with Gasteiger partial charge in [0.25, 0.3) is 3.12 Å². The van der Waals surface area contributed by atoms with Crippen molar-refractivity contribution >= 4 is 45.9 Å². The number of hydrogen-bond acceptors (Lipinski definition) is 2. The molecule has 0 aliphatic heterocycles. The first-order valence-electron chi connectivity index (χ1n) is 3.66. The molecule has 0 radical (unpaired) electrons. The summed E-state index contributed by atoms with van der Waals surface area (Å²) in [5.74, 6) is 0. The highest BCUT2D eigenvalue weighted by atomic mass is 35.6. The SMILES string of the molecule is O=S(OCc1ccccc1)C(Cl)(Cl)Cl. The second-order valence-corrected chi connectivity index (χ2v) is 6.70. The molecule has 0 N–H and O–H groups in total. The Kier molecular flexibility index (Phi) is 4.67. The molecule has 0 fully saturated rings. The van der Waals surface area contributed by atoms with Crippen molar-refractivity contribution in [2.24, 2.45) is 0 Å². The fourth-order valence-electron chi connectivity index (χ4n) is 0.763. The van der Waals surface area contributed by atoms with Gasteiger partial charge in [0.05, 0.1) is 6.61 Å². The van der Waals surface area contributed by atoms with Crippen LogP contribution in [0, 0.1) is 0 Å². The van der Waals surface area contributed by atoms with Gasteiger partial charge in [0, 0.05) is 0 Å². The maximum atomic E-state index is 11.1. The van der Waals surface area contributed by atoms with Gasteiger partial charge in [-0.05, 0) is 5.56 Å². The van der Waals surface area contributed by atoms with Gasteiger partial charge in [-0.15, -0.1) is 0 Å². The van der Waals surface area contributed by atoms with Crippen LogP contribution in [0.4, 0.5) is 0 Å². The van der Waals surface area contributed by atoms with Crippen molar-refractivity contribution in [1.82, 2.24) is 0 Å². The number of benzene rings is 1. The minimum absolute atomic E-state index is 0.154. The van der Waals surface area contributed by atoms with Gasteiger partial charge in [-0.3, -0.25) is 4.18 Å². The lowest BCUT2D eigenvalue weighted by Crippen LogP contribution is -2.14. The summed E-state index contributed by atoms with van der Waals surface area (Å²) in [6.45, 7) is 0.154. The van der Waals surface area contributed by atoms with E-state index in [2.05, 4.69) is 0 Å². The smallest absolute Gasteiger partial charge is 0.282 e. The van der Waals surface area contributed by atoms with Crippen molar-refractivity contribution in [2.75, 3.05) is 0 Å². The van der Waals surface area contributed by atoms with Crippen LogP contribution in [0.1, 0.15) is 5.56 Å². The molecule has 1 atom stereocenters. The first-order chi connectivity index (χ1) is 6.50. The molecule has 2 nitrogen and oxygen atoms in total. The zero-order chi connectivity index (χ0) is 10.6. The van der Waals surface area contributed by atoms with Crippen molar-refractivity contribution in [3.05, 3.63) is 35.9 Å². The first kappa shape index (κ1) is 12.3. The lowest BCUT2D eigenvalue weighted by atomic mass is 10.2. The van der Waals surface area contributed by atoms with Crippen LogP contribution in [0.5, 0.6) is 0 Å². The molecule has 0 aliphatic rings. The molecular formula is C8H7Cl3O2S. The van der Waals surface area contributed by atoms with Gasteiger partial charge in [-0.1, -0.05) is 65.1 Å². The summed E-state index contributed by atoms with van der Waals surface area (Å²) >= 11 is 14.1. The molecule has 0 spiro atoms. The van der Waals surface area contributed by atoms with Crippen molar-refractivity contribution in [3.8, 4) is 0 Å². The summed E-state index contributed by atoms with van der Waals surface area (Å²) < 4.78 is 14.1. The number of halogens is 3. The summed E-state index contributed by atoms with van der Waals surface area (Å²) in [6.07, 6.45) is 0. The van der Waals surface area contributed by atoms with Gasteiger partial charge >= 0.3 is 0 Å². The Morgan fingerprint density at radius 3 is 2.29 bits per heavy atom. The van der Waals surface area contributed by atoms with Crippen molar-refractivity contribution in [3.63, 3.8) is 0 Å². The van der Waals surface area contributed by atoms with Gasteiger partial charge in [0.1, 0.15) is 0 Å². The molecule has 1 aromatic carbocycles. The topological polar surface area (TPSA) is 26.3 Å². The zero-order valence-electron chi connectivity index (χ0n) is 6.95. The van der Waals surface area contributed by atoms with Gasteiger partial charge in [0.15, 0.2) is 0 Å². The fraction of sp³-hybridized carbons (Fsp3) is 0.250. The third-order valence-corrected chi connectivity index (χ3v) is 3.21. The molecule has 0 heterocycles. The molecule has 0 saturated carbocycles. The largest absolute Gasteiger partial charge is 0.292 e. The van der Waals surface area contributed by atoms with E-state index in [-0.39, 0.29) is 6.61 Å². The first-order valence-corrected chi connectivity index (χ1v) is 5.87. The molecule has 0 aromatic heterocycles. The molecular weight excluding hydrogens is 267 g/mol. The van der Waals surface area contributed by atoms with Crippen LogP contribution in [0.3, 0.4) is 0 Å². The van der Waals surface area contributed by atoms with Crippen LogP contribution >= 0.6 is 34.8 Å². The molecule has 78 valence electrons. The highest BCUT2D eigenvalue weighted by Gasteiger charge is 2.30. The molecule has 0 aliphatic carbocycles. The van der Waals surface area contributed by atoms with E-state index in [0.29, 0.717) is 0 Å². The molecule has 1 unspecified atom stereocenters. The molecule has 14 heavy (non-hydrogen) atoms. The van der Waals surface area contributed by atoms with E-state index in [1.165, 1.54) is 0 Å². The van der Waals surface area contributed by atoms with E-state index < -0.39 is 14.2 Å². The minimum atomic E-state index is -1.94. The standard InChI is InChI=1S/C8H7Cl3O2S/c9-8(10,11)14(12)13-6-7-4-2-1-3-5-7/h1-5H,6H2. The highest BCUT2D eigenvalue weighted by Crippen LogP contribution is 2.31. The predicted molar refractivity (Wildman–Crippen MR) is 59.7 cm³/mol. The van der Waals surface area contributed by atoms with Gasteiger partial charge in [-0.2, -0.15) is 0 Å². The van der Waals surface area contributed by atoms with Crippen molar-refractivity contribution < 1.29 is 8.39 Å². The van der Waals surface area contributed by atoms with Crippen LogP contribution in [0.25, 0.3) is 0 Å². The Morgan fingerprint density at radius 2 is 1.79 bits per heavy atom. The average Bonchev–Trinajstić information content (AvgIpc) is 2.14. The Hall–Kier alpha value is 0.200. The predicted octanol–water partition coefficient (Wildman–Crippen LogP) is 3.19. The summed E-state index contributed by atoms with van der Waals surface area (Å²) in [4.78, 5) is 0. The molecule has 0 amide bonds. The van der Waals surface area contributed by atoms with E-state index in [4.69, 9.17) is 39.0 Å². The lowest BCUT2D eigenvalue weighted by molar-refractivity contribution is 0.337. The van der Waals surface area contributed by atoms with Crippen molar-refractivity contribution in [2.45, 2.75) is 9.73 Å². The number of alkyl halides is 3. The van der Waals surface area contributed by atoms with E-state index in [9.17, 15) is 4.21 Å². The maximum Gasteiger partial charge on any atom is 0.292 e. The second-order valence-electron chi connectivity index (χ2n) is 2.43. The number of hydrogen-bond donors (Lipinski definition) is 0. The Bertz CT molecular complexity index is 310. The van der Waals surface area contributed by atoms with Gasteiger partial charge in [-0.25, -0.2) is 4.21 Å². The lowest BCUT2D eigenvalue weighted by Gasteiger charge is -2.09. The van der Waals surface area contributed by atoms with Crippen LogP contribution < -0.4 is 0 Å². The molecule has 0 saturated heterocycles. The normalized spacial score (nSPS) is 13.9. The van der Waals surface area contributed by atoms with Crippen LogP contribution in [0.2, 0.25) is 0 Å². The Balaban J connectivity index is 2.46. The zero-order valence-corrected chi connectivity index (χ0v) is 10.0. The molecule has 6 heteroatoms. The summed E-state index contributed by atoms with van der Waals surface area (Å²) in [5.41, 5.74) is 0.870. The summed E-state index contributed by atoms with van der Waals surface area (Å²) in [6, 6.07) is 9.22. The van der Waals surface area contributed by atoms with Crippen LogP contribution in [-0.4, -0.2) is 7.33 Å².